The Morgan fingerprint density at radius 2 is 1.82 bits per heavy atom. The first-order chi connectivity index (χ1) is 13.3. The van der Waals surface area contributed by atoms with Gasteiger partial charge in [0.15, 0.2) is 0 Å². The average Bonchev–Trinajstić information content (AvgIpc) is 2.69. The second-order valence-corrected chi connectivity index (χ2v) is 9.37. The molecule has 0 aromatic heterocycles. The fraction of sp³-hybridized carbons (Fsp3) is 0.316. The predicted octanol–water partition coefficient (Wildman–Crippen LogP) is 2.68. The molecule has 0 spiro atoms. The number of hydrogen-bond acceptors (Lipinski definition) is 4. The molecule has 0 radical (unpaired) electrons. The van der Waals surface area contributed by atoms with E-state index in [1.54, 1.807) is 17.9 Å². The maximum absolute atomic E-state index is 12.8. The molecule has 0 atom stereocenters. The van der Waals surface area contributed by atoms with Crippen LogP contribution in [0.5, 0.6) is 5.75 Å². The van der Waals surface area contributed by atoms with Crippen LogP contribution in [-0.2, 0) is 16.6 Å². The van der Waals surface area contributed by atoms with Crippen LogP contribution in [-0.4, -0.2) is 54.9 Å². The zero-order chi connectivity index (χ0) is 20.3. The minimum atomic E-state index is -3.81. The van der Waals surface area contributed by atoms with Crippen LogP contribution in [0.25, 0.3) is 0 Å². The van der Waals surface area contributed by atoms with Crippen LogP contribution in [0.4, 0.5) is 4.79 Å². The normalized spacial score (nSPS) is 15.4. The summed E-state index contributed by atoms with van der Waals surface area (Å²) in [5.74, 6) is -0.265. The maximum Gasteiger partial charge on any atom is 0.317 e. The van der Waals surface area contributed by atoms with E-state index in [2.05, 4.69) is 21.2 Å². The molecule has 2 N–H and O–H groups in total. The fourth-order valence-corrected chi connectivity index (χ4v) is 5.04. The number of hydrogen-bond donors (Lipinski definition) is 2. The van der Waals surface area contributed by atoms with E-state index >= 15 is 0 Å². The monoisotopic (exact) mass is 467 g/mol. The molecule has 0 aliphatic carbocycles. The van der Waals surface area contributed by atoms with Gasteiger partial charge in [-0.05, 0) is 36.2 Å². The number of rotatable bonds is 4. The van der Waals surface area contributed by atoms with Gasteiger partial charge in [-0.25, -0.2) is 13.2 Å². The number of carbonyl (C=O) groups is 1. The number of aromatic hydroxyl groups is 1. The van der Waals surface area contributed by atoms with Gasteiger partial charge in [0, 0.05) is 37.2 Å². The summed E-state index contributed by atoms with van der Waals surface area (Å²) in [5.41, 5.74) is 1.72. The molecule has 2 aromatic rings. The second kappa shape index (κ2) is 8.50. The minimum absolute atomic E-state index is 0.0978. The summed E-state index contributed by atoms with van der Waals surface area (Å²) in [5, 5.41) is 12.8. The van der Waals surface area contributed by atoms with Crippen LogP contribution in [0, 0.1) is 6.92 Å². The molecule has 1 aliphatic rings. The number of aryl methyl sites for hydroxylation is 1. The molecule has 2 aromatic carbocycles. The number of urea groups is 1. The van der Waals surface area contributed by atoms with E-state index < -0.39 is 10.0 Å². The Labute approximate surface area is 173 Å². The molecule has 1 fully saturated rings. The van der Waals surface area contributed by atoms with Gasteiger partial charge in [0.05, 0.1) is 0 Å². The SMILES string of the molecule is Cc1ccc(O)c(S(=O)(=O)N2CCN(C(=O)NCc3ccccc3Br)CC2)c1. The molecular weight excluding hydrogens is 446 g/mol. The van der Waals surface area contributed by atoms with Crippen molar-refractivity contribution in [2.45, 2.75) is 18.4 Å². The fourth-order valence-electron chi connectivity index (χ4n) is 3.02. The van der Waals surface area contributed by atoms with Crippen molar-refractivity contribution in [2.75, 3.05) is 26.2 Å². The van der Waals surface area contributed by atoms with Crippen LogP contribution < -0.4 is 5.32 Å². The number of phenolic OH excluding ortho intramolecular Hbond substituents is 1. The largest absolute Gasteiger partial charge is 0.507 e. The number of carbonyl (C=O) groups excluding carboxylic acids is 1. The Hall–Kier alpha value is -2.10. The Balaban J connectivity index is 1.60. The highest BCUT2D eigenvalue weighted by atomic mass is 79.9. The summed E-state index contributed by atoms with van der Waals surface area (Å²) < 4.78 is 27.9. The van der Waals surface area contributed by atoms with E-state index in [1.165, 1.54) is 16.4 Å². The van der Waals surface area contributed by atoms with E-state index in [-0.39, 0.29) is 42.9 Å². The van der Waals surface area contributed by atoms with Gasteiger partial charge in [-0.3, -0.25) is 0 Å². The molecular formula is C19H22BrN3O4S. The maximum atomic E-state index is 12.8. The molecule has 150 valence electrons. The van der Waals surface area contributed by atoms with Crippen LogP contribution in [0.1, 0.15) is 11.1 Å². The van der Waals surface area contributed by atoms with Crippen LogP contribution in [0.2, 0.25) is 0 Å². The number of halogens is 1. The highest BCUT2D eigenvalue weighted by Gasteiger charge is 2.31. The van der Waals surface area contributed by atoms with Gasteiger partial charge in [-0.1, -0.05) is 40.2 Å². The van der Waals surface area contributed by atoms with E-state index in [9.17, 15) is 18.3 Å². The summed E-state index contributed by atoms with van der Waals surface area (Å²) in [4.78, 5) is 13.9. The lowest BCUT2D eigenvalue weighted by Gasteiger charge is -2.34. The Bertz CT molecular complexity index is 973. The quantitative estimate of drug-likeness (QED) is 0.722. The Kier molecular flexibility index (Phi) is 6.26. The molecule has 2 amide bonds. The summed E-state index contributed by atoms with van der Waals surface area (Å²) in [7, 11) is -3.81. The summed E-state index contributed by atoms with van der Waals surface area (Å²) >= 11 is 3.45. The third-order valence-electron chi connectivity index (χ3n) is 4.65. The smallest absolute Gasteiger partial charge is 0.317 e. The molecule has 7 nitrogen and oxygen atoms in total. The summed E-state index contributed by atoms with van der Waals surface area (Å²) in [6, 6.07) is 11.9. The molecule has 0 saturated carbocycles. The first kappa shape index (κ1) is 20.6. The molecule has 1 aliphatic heterocycles. The van der Waals surface area contributed by atoms with Gasteiger partial charge in [0.25, 0.3) is 0 Å². The molecule has 1 heterocycles. The predicted molar refractivity (Wildman–Crippen MR) is 110 cm³/mol. The lowest BCUT2D eigenvalue weighted by Crippen LogP contribution is -2.52. The minimum Gasteiger partial charge on any atom is -0.507 e. The van der Waals surface area contributed by atoms with Gasteiger partial charge < -0.3 is 15.3 Å². The van der Waals surface area contributed by atoms with Crippen LogP contribution in [0.15, 0.2) is 51.8 Å². The average molecular weight is 468 g/mol. The summed E-state index contributed by atoms with van der Waals surface area (Å²) in [6.45, 7) is 3.08. The number of piperazine rings is 1. The Morgan fingerprint density at radius 1 is 1.14 bits per heavy atom. The standard InChI is InChI=1S/C19H22BrN3O4S/c1-14-6-7-17(24)18(12-14)28(26,27)23-10-8-22(9-11-23)19(25)21-13-15-4-2-3-5-16(15)20/h2-7,12,24H,8-11,13H2,1H3,(H,21,25). The first-order valence-corrected chi connectivity index (χ1v) is 11.1. The highest BCUT2D eigenvalue weighted by molar-refractivity contribution is 9.10. The van der Waals surface area contributed by atoms with Crippen LogP contribution in [0.3, 0.4) is 0 Å². The van der Waals surface area contributed by atoms with Crippen molar-refractivity contribution in [1.82, 2.24) is 14.5 Å². The Morgan fingerprint density at radius 3 is 2.50 bits per heavy atom. The summed E-state index contributed by atoms with van der Waals surface area (Å²) in [6.07, 6.45) is 0. The van der Waals surface area contributed by atoms with Crippen LogP contribution >= 0.6 is 15.9 Å². The van der Waals surface area contributed by atoms with Crippen molar-refractivity contribution in [3.05, 3.63) is 58.1 Å². The number of benzene rings is 2. The van der Waals surface area contributed by atoms with Crippen molar-refractivity contribution in [3.63, 3.8) is 0 Å². The van der Waals surface area contributed by atoms with Gasteiger partial charge in [-0.15, -0.1) is 0 Å². The van der Waals surface area contributed by atoms with Gasteiger partial charge >= 0.3 is 6.03 Å². The van der Waals surface area contributed by atoms with E-state index in [1.807, 2.05) is 24.3 Å². The van der Waals surface area contributed by atoms with Crippen molar-refractivity contribution in [3.8, 4) is 5.75 Å². The van der Waals surface area contributed by atoms with Gasteiger partial charge in [0.2, 0.25) is 10.0 Å². The first-order valence-electron chi connectivity index (χ1n) is 8.85. The topological polar surface area (TPSA) is 90.0 Å². The zero-order valence-electron chi connectivity index (χ0n) is 15.4. The van der Waals surface area contributed by atoms with E-state index in [0.29, 0.717) is 6.54 Å². The lowest BCUT2D eigenvalue weighted by atomic mass is 10.2. The molecule has 0 bridgehead atoms. The molecule has 3 rings (SSSR count). The molecule has 1 saturated heterocycles. The van der Waals surface area contributed by atoms with E-state index in [4.69, 9.17) is 0 Å². The van der Waals surface area contributed by atoms with Crippen molar-refractivity contribution < 1.29 is 18.3 Å². The lowest BCUT2D eigenvalue weighted by molar-refractivity contribution is 0.172. The number of sulfonamides is 1. The number of nitrogens with one attached hydrogen (secondary N) is 1. The number of amides is 2. The third-order valence-corrected chi connectivity index (χ3v) is 7.35. The number of phenols is 1. The molecule has 9 heteroatoms. The van der Waals surface area contributed by atoms with Gasteiger partial charge in [-0.2, -0.15) is 4.31 Å². The van der Waals surface area contributed by atoms with Crippen molar-refractivity contribution in [1.29, 1.82) is 0 Å². The highest BCUT2D eigenvalue weighted by Crippen LogP contribution is 2.27. The number of nitrogens with zero attached hydrogens (tertiary/aromatic N) is 2. The van der Waals surface area contributed by atoms with Gasteiger partial charge in [0.1, 0.15) is 10.6 Å². The molecule has 0 unspecified atom stereocenters. The zero-order valence-corrected chi connectivity index (χ0v) is 17.8. The van der Waals surface area contributed by atoms with E-state index in [0.717, 1.165) is 15.6 Å². The van der Waals surface area contributed by atoms with Crippen molar-refractivity contribution >= 4 is 32.0 Å². The third kappa shape index (κ3) is 4.48. The molecule has 28 heavy (non-hydrogen) atoms. The second-order valence-electron chi connectivity index (χ2n) is 6.61. The van der Waals surface area contributed by atoms with Crippen molar-refractivity contribution in [2.24, 2.45) is 0 Å².